The van der Waals surface area contributed by atoms with Crippen molar-refractivity contribution < 1.29 is 9.59 Å². The largest absolute Gasteiger partial charge is 0.301 e. The third-order valence-electron chi connectivity index (χ3n) is 4.49. The molecule has 2 saturated carbocycles. The lowest BCUT2D eigenvalue weighted by Gasteiger charge is -2.53. The molecule has 4 rings (SSSR count). The summed E-state index contributed by atoms with van der Waals surface area (Å²) in [4.78, 5) is 21.2. The molecular weight excluding hydrogens is 360 g/mol. The van der Waals surface area contributed by atoms with Crippen LogP contribution in [-0.4, -0.2) is 32.2 Å². The van der Waals surface area contributed by atoms with Crippen LogP contribution in [0.4, 0.5) is 10.3 Å². The van der Waals surface area contributed by atoms with Crippen molar-refractivity contribution in [1.29, 1.82) is 0 Å². The van der Waals surface area contributed by atoms with E-state index in [1.807, 2.05) is 0 Å². The molecule has 1 spiro atoms. The van der Waals surface area contributed by atoms with E-state index >= 15 is 0 Å². The molecule has 0 radical (unpaired) electrons. The Bertz CT molecular complexity index is 733. The van der Waals surface area contributed by atoms with Gasteiger partial charge in [-0.2, -0.15) is 0 Å². The number of anilines is 2. The predicted octanol–water partition coefficient (Wildman–Crippen LogP) is 3.04. The lowest BCUT2D eigenvalue weighted by molar-refractivity contribution is -0.115. The molecule has 2 aliphatic rings. The Morgan fingerprint density at radius 1 is 1.08 bits per heavy atom. The smallest absolute Gasteiger partial charge is 0.223 e. The zero-order valence-electron chi connectivity index (χ0n) is 14.1. The summed E-state index contributed by atoms with van der Waals surface area (Å²) in [5.74, 6) is 0.402. The Morgan fingerprint density at radius 3 is 2.28 bits per heavy atom. The van der Waals surface area contributed by atoms with Gasteiger partial charge in [-0.25, -0.2) is 0 Å². The summed E-state index contributed by atoms with van der Waals surface area (Å²) >= 11 is 2.82. The molecule has 0 unspecified atom stereocenters. The van der Waals surface area contributed by atoms with Gasteiger partial charge in [0.2, 0.25) is 22.1 Å². The topological polar surface area (TPSA) is 110 Å². The van der Waals surface area contributed by atoms with Gasteiger partial charge >= 0.3 is 0 Å². The summed E-state index contributed by atoms with van der Waals surface area (Å²) in [5.41, 5.74) is 2.23. The average molecular weight is 380 g/mol. The van der Waals surface area contributed by atoms with Gasteiger partial charge in [0, 0.05) is 19.8 Å². The minimum Gasteiger partial charge on any atom is -0.301 e. The van der Waals surface area contributed by atoms with Crippen LogP contribution in [0.15, 0.2) is 5.51 Å². The summed E-state index contributed by atoms with van der Waals surface area (Å²) in [5, 5.41) is 22.7. The first-order valence-corrected chi connectivity index (χ1v) is 9.80. The molecule has 2 aromatic rings. The molecule has 2 heterocycles. The van der Waals surface area contributed by atoms with Gasteiger partial charge in [0.25, 0.3) is 0 Å². The molecule has 134 valence electrons. The van der Waals surface area contributed by atoms with Crippen LogP contribution in [-0.2, 0) is 9.59 Å². The Morgan fingerprint density at radius 2 is 1.76 bits per heavy atom. The zero-order valence-corrected chi connectivity index (χ0v) is 15.7. The van der Waals surface area contributed by atoms with Gasteiger partial charge in [-0.1, -0.05) is 29.1 Å². The molecule has 0 saturated heterocycles. The van der Waals surface area contributed by atoms with E-state index in [9.17, 15) is 9.59 Å². The van der Waals surface area contributed by atoms with Crippen LogP contribution in [0.2, 0.25) is 0 Å². The fourth-order valence-corrected chi connectivity index (χ4v) is 4.60. The Kier molecular flexibility index (Phi) is 5.38. The molecule has 0 aromatic carbocycles. The van der Waals surface area contributed by atoms with Crippen LogP contribution in [0.25, 0.3) is 0 Å². The van der Waals surface area contributed by atoms with E-state index in [1.54, 1.807) is 5.51 Å². The lowest BCUT2D eigenvalue weighted by atomic mass is 9.52. The second kappa shape index (κ2) is 7.52. The fraction of sp³-hybridized carbons (Fsp3) is 0.600. The molecule has 0 bridgehead atoms. The lowest BCUT2D eigenvalue weighted by Crippen LogP contribution is -2.41. The van der Waals surface area contributed by atoms with Crippen LogP contribution in [0.3, 0.4) is 0 Å². The summed E-state index contributed by atoms with van der Waals surface area (Å²) in [7, 11) is 0. The highest BCUT2D eigenvalue weighted by Crippen LogP contribution is 2.62. The van der Waals surface area contributed by atoms with Gasteiger partial charge in [-0.3, -0.25) is 9.59 Å². The van der Waals surface area contributed by atoms with Crippen molar-refractivity contribution in [2.45, 2.75) is 51.9 Å². The Hall–Kier alpha value is -1.94. The second-order valence-corrected chi connectivity index (χ2v) is 8.35. The molecule has 2 amide bonds. The molecular formula is C15H20N6O2S2. The highest BCUT2D eigenvalue weighted by molar-refractivity contribution is 7.15. The number of amides is 2. The number of carbonyl (C=O) groups excluding carboxylic acids is 2. The van der Waals surface area contributed by atoms with Gasteiger partial charge in [0.15, 0.2) is 0 Å². The summed E-state index contributed by atoms with van der Waals surface area (Å²) in [6, 6.07) is 0. The third kappa shape index (κ3) is 4.57. The summed E-state index contributed by atoms with van der Waals surface area (Å²) < 4.78 is 0. The van der Waals surface area contributed by atoms with Gasteiger partial charge in [0.05, 0.1) is 0 Å². The molecule has 2 aromatic heterocycles. The molecule has 2 aliphatic carbocycles. The first-order chi connectivity index (χ1) is 12.0. The number of aromatic nitrogens is 4. The van der Waals surface area contributed by atoms with Crippen molar-refractivity contribution in [3.63, 3.8) is 0 Å². The van der Waals surface area contributed by atoms with E-state index in [-0.39, 0.29) is 11.8 Å². The SMILES string of the molecule is CC(=O)Nc1nnc(C2CC3(CCC3)C2)s1.CC(=O)Nc1nncs1. The zero-order chi connectivity index (χ0) is 17.9. The van der Waals surface area contributed by atoms with Crippen molar-refractivity contribution in [1.82, 2.24) is 20.4 Å². The Labute approximate surface area is 153 Å². The second-order valence-electron chi connectivity index (χ2n) is 6.51. The molecule has 0 atom stereocenters. The molecule has 0 aliphatic heterocycles. The van der Waals surface area contributed by atoms with Crippen molar-refractivity contribution in [3.05, 3.63) is 10.5 Å². The minimum atomic E-state index is -0.119. The van der Waals surface area contributed by atoms with E-state index in [2.05, 4.69) is 31.0 Å². The van der Waals surface area contributed by atoms with Gasteiger partial charge in [-0.05, 0) is 31.1 Å². The highest BCUT2D eigenvalue weighted by Gasteiger charge is 2.49. The standard InChI is InChI=1S/C11H15N3OS.C4H5N3OS/c1-7(15)12-10-14-13-9(16-10)8-5-11(6-8)3-2-4-11;1-3(8)6-4-7-5-2-9-4/h8H,2-6H2,1H3,(H,12,14,15);2H,1H3,(H,6,7,8). The Balaban J connectivity index is 0.000000173. The van der Waals surface area contributed by atoms with Crippen molar-refractivity contribution in [2.24, 2.45) is 5.41 Å². The van der Waals surface area contributed by atoms with Crippen LogP contribution in [0.1, 0.15) is 56.9 Å². The van der Waals surface area contributed by atoms with Gasteiger partial charge < -0.3 is 10.6 Å². The van der Waals surface area contributed by atoms with E-state index in [0.717, 1.165) is 5.01 Å². The van der Waals surface area contributed by atoms with Crippen molar-refractivity contribution >= 4 is 44.8 Å². The number of hydrogen-bond acceptors (Lipinski definition) is 8. The minimum absolute atomic E-state index is 0.0771. The first kappa shape index (κ1) is 17.9. The van der Waals surface area contributed by atoms with E-state index in [4.69, 9.17) is 0 Å². The fourth-order valence-electron chi connectivity index (χ4n) is 3.22. The van der Waals surface area contributed by atoms with E-state index < -0.39 is 0 Å². The molecule has 25 heavy (non-hydrogen) atoms. The molecule has 10 heteroatoms. The number of carbonyl (C=O) groups is 2. The van der Waals surface area contributed by atoms with Crippen LogP contribution in [0.5, 0.6) is 0 Å². The van der Waals surface area contributed by atoms with E-state index in [1.165, 1.54) is 68.6 Å². The van der Waals surface area contributed by atoms with Gasteiger partial charge in [-0.15, -0.1) is 20.4 Å². The van der Waals surface area contributed by atoms with Crippen LogP contribution < -0.4 is 10.6 Å². The first-order valence-electron chi connectivity index (χ1n) is 8.10. The molecule has 8 nitrogen and oxygen atoms in total. The van der Waals surface area contributed by atoms with Crippen LogP contribution >= 0.6 is 22.7 Å². The molecule has 2 N–H and O–H groups in total. The third-order valence-corrected chi connectivity index (χ3v) is 6.10. The predicted molar refractivity (Wildman–Crippen MR) is 96.7 cm³/mol. The summed E-state index contributed by atoms with van der Waals surface area (Å²) in [6.07, 6.45) is 6.77. The maximum atomic E-state index is 10.9. The van der Waals surface area contributed by atoms with Crippen LogP contribution in [0, 0.1) is 5.41 Å². The number of hydrogen-bond donors (Lipinski definition) is 2. The van der Waals surface area contributed by atoms with E-state index in [0.29, 0.717) is 21.6 Å². The van der Waals surface area contributed by atoms with Crippen molar-refractivity contribution in [3.8, 4) is 0 Å². The number of nitrogens with one attached hydrogen (secondary N) is 2. The molecule has 2 fully saturated rings. The maximum absolute atomic E-state index is 10.9. The quantitative estimate of drug-likeness (QED) is 0.847. The number of nitrogens with zero attached hydrogens (tertiary/aromatic N) is 4. The highest BCUT2D eigenvalue weighted by atomic mass is 32.1. The average Bonchev–Trinajstić information content (AvgIpc) is 3.07. The van der Waals surface area contributed by atoms with Gasteiger partial charge in [0.1, 0.15) is 10.5 Å². The normalized spacial score (nSPS) is 17.7. The summed E-state index contributed by atoms with van der Waals surface area (Å²) in [6.45, 7) is 2.93. The van der Waals surface area contributed by atoms with Crippen molar-refractivity contribution in [2.75, 3.05) is 10.6 Å². The number of rotatable bonds is 3. The maximum Gasteiger partial charge on any atom is 0.223 e. The monoisotopic (exact) mass is 380 g/mol.